The van der Waals surface area contributed by atoms with Gasteiger partial charge in [-0.15, -0.1) is 0 Å². The van der Waals surface area contributed by atoms with Gasteiger partial charge in [0.25, 0.3) is 5.91 Å². The second-order valence-electron chi connectivity index (χ2n) is 9.75. The minimum absolute atomic E-state index is 0.219. The van der Waals surface area contributed by atoms with Crippen LogP contribution in [0.15, 0.2) is 65.3 Å². The van der Waals surface area contributed by atoms with Gasteiger partial charge in [0.2, 0.25) is 5.95 Å². The van der Waals surface area contributed by atoms with Crippen LogP contribution < -0.4 is 20.9 Å². The van der Waals surface area contributed by atoms with Gasteiger partial charge in [0.15, 0.2) is 5.65 Å². The number of ether oxygens (including phenoxy) is 1. The van der Waals surface area contributed by atoms with Gasteiger partial charge >= 0.3 is 0 Å². The Morgan fingerprint density at radius 1 is 1.08 bits per heavy atom. The van der Waals surface area contributed by atoms with E-state index >= 15 is 0 Å². The fourth-order valence-electron chi connectivity index (χ4n) is 5.02. The second kappa shape index (κ2) is 11.6. The first-order chi connectivity index (χ1) is 19.1. The molecule has 1 amide bonds. The van der Waals surface area contributed by atoms with Crippen LogP contribution in [-0.4, -0.2) is 66.3 Å². The van der Waals surface area contributed by atoms with Gasteiger partial charge in [-0.25, -0.2) is 9.97 Å². The first-order valence-corrected chi connectivity index (χ1v) is 14.1. The maximum absolute atomic E-state index is 13.4. The number of nitrogens with zero attached hydrogens (tertiary/aromatic N) is 4. The molecule has 0 bridgehead atoms. The van der Waals surface area contributed by atoms with E-state index in [1.54, 1.807) is 6.20 Å². The van der Waals surface area contributed by atoms with E-state index in [0.29, 0.717) is 23.8 Å². The summed E-state index contributed by atoms with van der Waals surface area (Å²) >= 11 is 3.63. The molecule has 200 valence electrons. The lowest BCUT2D eigenvalue weighted by atomic mass is 10.0. The Labute approximate surface area is 235 Å². The molecule has 9 nitrogen and oxygen atoms in total. The molecule has 6 rings (SSSR count). The third kappa shape index (κ3) is 5.88. The van der Waals surface area contributed by atoms with Crippen LogP contribution >= 0.6 is 15.9 Å². The fourth-order valence-corrected chi connectivity index (χ4v) is 5.52. The highest BCUT2D eigenvalue weighted by Crippen LogP contribution is 2.32. The van der Waals surface area contributed by atoms with Crippen molar-refractivity contribution in [2.24, 2.45) is 0 Å². The van der Waals surface area contributed by atoms with Gasteiger partial charge in [-0.1, -0.05) is 34.1 Å². The van der Waals surface area contributed by atoms with Gasteiger partial charge in [0, 0.05) is 58.7 Å². The van der Waals surface area contributed by atoms with Gasteiger partial charge in [-0.2, -0.15) is 4.98 Å². The second-order valence-corrected chi connectivity index (χ2v) is 10.6. The lowest BCUT2D eigenvalue weighted by Gasteiger charge is -2.28. The van der Waals surface area contributed by atoms with E-state index in [1.807, 2.05) is 42.5 Å². The van der Waals surface area contributed by atoms with Crippen molar-refractivity contribution < 1.29 is 9.53 Å². The zero-order valence-electron chi connectivity index (χ0n) is 21.5. The van der Waals surface area contributed by atoms with E-state index in [2.05, 4.69) is 58.9 Å². The number of morpholine rings is 1. The summed E-state index contributed by atoms with van der Waals surface area (Å²) in [4.78, 5) is 29.6. The molecule has 0 aliphatic carbocycles. The highest BCUT2D eigenvalue weighted by atomic mass is 79.9. The number of hydrogen-bond acceptors (Lipinski definition) is 8. The maximum Gasteiger partial charge on any atom is 0.270 e. The average molecular weight is 589 g/mol. The predicted molar refractivity (Wildman–Crippen MR) is 157 cm³/mol. The van der Waals surface area contributed by atoms with Gasteiger partial charge in [-0.05, 0) is 61.3 Å². The number of pyridine rings is 1. The van der Waals surface area contributed by atoms with Crippen LogP contribution in [0, 0.1) is 0 Å². The topological polar surface area (TPSA) is 104 Å². The molecule has 0 spiro atoms. The molecule has 0 saturated carbocycles. The van der Waals surface area contributed by atoms with Crippen LogP contribution in [0.4, 0.5) is 17.3 Å². The van der Waals surface area contributed by atoms with Crippen molar-refractivity contribution in [3.8, 4) is 11.1 Å². The molecule has 2 fully saturated rings. The molecule has 0 unspecified atom stereocenters. The highest BCUT2D eigenvalue weighted by Gasteiger charge is 2.21. The molecule has 10 heteroatoms. The van der Waals surface area contributed by atoms with Crippen LogP contribution in [0.3, 0.4) is 0 Å². The molecule has 2 aliphatic rings. The zero-order valence-corrected chi connectivity index (χ0v) is 23.1. The highest BCUT2D eigenvalue weighted by molar-refractivity contribution is 9.10. The molecule has 2 aromatic carbocycles. The molecule has 39 heavy (non-hydrogen) atoms. The number of halogens is 1. The number of carbonyl (C=O) groups excluding carboxylic acids is 1. The fraction of sp³-hybridized carbons (Fsp3) is 0.310. The predicted octanol–water partition coefficient (Wildman–Crippen LogP) is 4.52. The number of benzene rings is 2. The Bertz CT molecular complexity index is 1470. The first-order valence-electron chi connectivity index (χ1n) is 13.3. The minimum atomic E-state index is -0.219. The van der Waals surface area contributed by atoms with E-state index in [-0.39, 0.29) is 11.9 Å². The summed E-state index contributed by atoms with van der Waals surface area (Å²) in [5, 5.41) is 10.5. The van der Waals surface area contributed by atoms with Crippen LogP contribution in [0.2, 0.25) is 0 Å². The third-order valence-electron chi connectivity index (χ3n) is 7.12. The summed E-state index contributed by atoms with van der Waals surface area (Å²) < 4.78 is 6.34. The maximum atomic E-state index is 13.4. The van der Waals surface area contributed by atoms with Crippen molar-refractivity contribution in [3.05, 3.63) is 71.0 Å². The number of aromatic nitrogens is 3. The number of nitrogens with one attached hydrogen (secondary N) is 3. The monoisotopic (exact) mass is 587 g/mol. The quantitative estimate of drug-likeness (QED) is 0.290. The van der Waals surface area contributed by atoms with Crippen LogP contribution in [-0.2, 0) is 4.74 Å². The van der Waals surface area contributed by atoms with E-state index in [0.717, 1.165) is 78.1 Å². The summed E-state index contributed by atoms with van der Waals surface area (Å²) in [6.07, 6.45) is 3.92. The number of fused-ring (bicyclic) bond motifs is 1. The molecular formula is C29H30BrN7O2. The SMILES string of the molecule is O=C(NC[C@@H]1CCCN1)c1nc2nc(Nc3ccc(N4CCOCC4)cc3)ncc2cc1-c1ccccc1Br. The summed E-state index contributed by atoms with van der Waals surface area (Å²) in [6, 6.07) is 18.2. The summed E-state index contributed by atoms with van der Waals surface area (Å²) in [7, 11) is 0. The average Bonchev–Trinajstić information content (AvgIpc) is 3.50. The molecule has 1 atom stereocenters. The van der Waals surface area contributed by atoms with Crippen LogP contribution in [0.5, 0.6) is 0 Å². The van der Waals surface area contributed by atoms with Gasteiger partial charge in [0.05, 0.1) is 13.2 Å². The molecule has 4 aromatic rings. The first kappa shape index (κ1) is 25.7. The van der Waals surface area contributed by atoms with Crippen molar-refractivity contribution in [2.45, 2.75) is 18.9 Å². The smallest absolute Gasteiger partial charge is 0.270 e. The van der Waals surface area contributed by atoms with E-state index in [1.165, 1.54) is 0 Å². The number of carbonyl (C=O) groups is 1. The molecule has 2 saturated heterocycles. The van der Waals surface area contributed by atoms with Crippen molar-refractivity contribution in [2.75, 3.05) is 49.6 Å². The Morgan fingerprint density at radius 2 is 1.90 bits per heavy atom. The van der Waals surface area contributed by atoms with Crippen molar-refractivity contribution in [3.63, 3.8) is 0 Å². The van der Waals surface area contributed by atoms with E-state index in [4.69, 9.17) is 9.72 Å². The summed E-state index contributed by atoms with van der Waals surface area (Å²) in [5.74, 6) is 0.201. The molecule has 2 aliphatic heterocycles. The van der Waals surface area contributed by atoms with Gasteiger partial charge in [0.1, 0.15) is 5.69 Å². The number of amides is 1. The lowest BCUT2D eigenvalue weighted by molar-refractivity contribution is 0.0946. The van der Waals surface area contributed by atoms with Gasteiger partial charge in [-0.3, -0.25) is 4.79 Å². The Kier molecular flexibility index (Phi) is 7.67. The van der Waals surface area contributed by atoms with Gasteiger partial charge < -0.3 is 25.6 Å². The lowest BCUT2D eigenvalue weighted by Crippen LogP contribution is -2.37. The largest absolute Gasteiger partial charge is 0.378 e. The number of anilines is 3. The Balaban J connectivity index is 1.28. The standard InChI is InChI=1S/C29H30BrN7O2/c30-25-6-2-1-5-23(25)24-16-19-17-33-29(34-20-7-9-22(10-8-20)37-12-14-39-15-13-37)36-27(19)35-26(24)28(38)32-18-21-4-3-11-31-21/h1-2,5-10,16-17,21,31H,3-4,11-15,18H2,(H,32,38)(H,33,34,35,36)/t21-/m0/s1. The van der Waals surface area contributed by atoms with Crippen molar-refractivity contribution >= 4 is 50.2 Å². The van der Waals surface area contributed by atoms with Crippen molar-refractivity contribution in [1.29, 1.82) is 0 Å². The van der Waals surface area contributed by atoms with E-state index < -0.39 is 0 Å². The Morgan fingerprint density at radius 3 is 2.67 bits per heavy atom. The van der Waals surface area contributed by atoms with Crippen LogP contribution in [0.25, 0.3) is 22.2 Å². The Hall–Kier alpha value is -3.60. The number of rotatable bonds is 7. The minimum Gasteiger partial charge on any atom is -0.378 e. The third-order valence-corrected chi connectivity index (χ3v) is 7.81. The molecular weight excluding hydrogens is 558 g/mol. The molecule has 2 aromatic heterocycles. The van der Waals surface area contributed by atoms with Crippen LogP contribution in [0.1, 0.15) is 23.3 Å². The van der Waals surface area contributed by atoms with Crippen molar-refractivity contribution in [1.82, 2.24) is 25.6 Å². The molecule has 0 radical (unpaired) electrons. The summed E-state index contributed by atoms with van der Waals surface area (Å²) in [5.41, 5.74) is 4.45. The number of hydrogen-bond donors (Lipinski definition) is 3. The molecule has 3 N–H and O–H groups in total. The molecule has 4 heterocycles. The zero-order chi connectivity index (χ0) is 26.6. The normalized spacial score (nSPS) is 17.4. The summed E-state index contributed by atoms with van der Waals surface area (Å²) in [6.45, 7) is 4.82. The van der Waals surface area contributed by atoms with E-state index in [9.17, 15) is 4.79 Å².